The molecule has 0 bridgehead atoms. The summed E-state index contributed by atoms with van der Waals surface area (Å²) < 4.78 is 40.9. The molecule has 6 heteroatoms. The van der Waals surface area contributed by atoms with Crippen LogP contribution in [0.25, 0.3) is 0 Å². The predicted molar refractivity (Wildman–Crippen MR) is 80.7 cm³/mol. The third kappa shape index (κ3) is 2.30. The molecule has 0 amide bonds. The fourth-order valence-corrected chi connectivity index (χ4v) is 4.60. The van der Waals surface area contributed by atoms with Crippen LogP contribution >= 0.6 is 11.6 Å². The summed E-state index contributed by atoms with van der Waals surface area (Å²) in [7, 11) is -3.95. The van der Waals surface area contributed by atoms with Crippen molar-refractivity contribution in [3.63, 3.8) is 0 Å². The average molecular weight is 326 g/mol. The molecule has 0 saturated heterocycles. The second kappa shape index (κ2) is 5.00. The first kappa shape index (κ1) is 14.4. The van der Waals surface area contributed by atoms with Gasteiger partial charge in [-0.3, -0.25) is 4.31 Å². The van der Waals surface area contributed by atoms with Gasteiger partial charge in [-0.25, -0.2) is 12.8 Å². The Hall–Kier alpha value is -1.59. The summed E-state index contributed by atoms with van der Waals surface area (Å²) in [5, 5.41) is 0.168. The largest absolute Gasteiger partial charge is 0.267 e. The average Bonchev–Trinajstić information content (AvgIpc) is 2.74. The van der Waals surface area contributed by atoms with Gasteiger partial charge in [0.05, 0.1) is 5.69 Å². The lowest BCUT2D eigenvalue weighted by atomic mass is 10.1. The summed E-state index contributed by atoms with van der Waals surface area (Å²) >= 11 is 5.69. The van der Waals surface area contributed by atoms with Crippen molar-refractivity contribution >= 4 is 27.3 Å². The number of anilines is 1. The highest BCUT2D eigenvalue weighted by molar-refractivity contribution is 7.92. The Labute approximate surface area is 128 Å². The van der Waals surface area contributed by atoms with Crippen LogP contribution in [0.3, 0.4) is 0 Å². The highest BCUT2D eigenvalue weighted by Gasteiger charge is 2.37. The minimum atomic E-state index is -3.95. The van der Waals surface area contributed by atoms with Crippen molar-refractivity contribution in [2.24, 2.45) is 0 Å². The number of hydrogen-bond donors (Lipinski definition) is 0. The molecule has 0 spiro atoms. The van der Waals surface area contributed by atoms with E-state index in [1.807, 2.05) is 19.1 Å². The van der Waals surface area contributed by atoms with E-state index in [4.69, 9.17) is 11.6 Å². The van der Waals surface area contributed by atoms with Crippen LogP contribution in [-0.4, -0.2) is 14.5 Å². The van der Waals surface area contributed by atoms with E-state index in [9.17, 15) is 12.8 Å². The summed E-state index contributed by atoms with van der Waals surface area (Å²) in [4.78, 5) is -0.351. The first-order valence-electron chi connectivity index (χ1n) is 6.48. The molecule has 3 rings (SSSR count). The fourth-order valence-electron chi connectivity index (χ4n) is 2.69. The van der Waals surface area contributed by atoms with Gasteiger partial charge >= 0.3 is 0 Å². The maximum absolute atomic E-state index is 14.0. The molecule has 2 aromatic carbocycles. The van der Waals surface area contributed by atoms with Crippen LogP contribution < -0.4 is 4.31 Å². The van der Waals surface area contributed by atoms with Gasteiger partial charge in [-0.05, 0) is 43.2 Å². The summed E-state index contributed by atoms with van der Waals surface area (Å²) in [6, 6.07) is 10.6. The Balaban J connectivity index is 2.15. The van der Waals surface area contributed by atoms with E-state index >= 15 is 0 Å². The molecule has 21 heavy (non-hydrogen) atoms. The molecule has 110 valence electrons. The summed E-state index contributed by atoms with van der Waals surface area (Å²) in [6.07, 6.45) is 0.616. The van der Waals surface area contributed by atoms with Gasteiger partial charge in [0.25, 0.3) is 10.0 Å². The van der Waals surface area contributed by atoms with Crippen molar-refractivity contribution in [3.8, 4) is 0 Å². The highest BCUT2D eigenvalue weighted by atomic mass is 35.5. The van der Waals surface area contributed by atoms with Gasteiger partial charge in [-0.15, -0.1) is 0 Å². The predicted octanol–water partition coefficient (Wildman–Crippen LogP) is 3.62. The molecule has 0 aromatic heterocycles. The van der Waals surface area contributed by atoms with Gasteiger partial charge in [0.15, 0.2) is 0 Å². The van der Waals surface area contributed by atoms with Crippen molar-refractivity contribution in [3.05, 3.63) is 58.9 Å². The van der Waals surface area contributed by atoms with Crippen LogP contribution in [0.2, 0.25) is 5.02 Å². The molecule has 0 saturated carbocycles. The maximum atomic E-state index is 14.0. The quantitative estimate of drug-likeness (QED) is 0.845. The minimum absolute atomic E-state index is 0.168. The SMILES string of the molecule is CC1Cc2ccccc2N1S(=O)(=O)c1ccc(Cl)cc1F. The van der Waals surface area contributed by atoms with Crippen molar-refractivity contribution in [1.29, 1.82) is 0 Å². The lowest BCUT2D eigenvalue weighted by Crippen LogP contribution is -2.36. The monoisotopic (exact) mass is 325 g/mol. The molecule has 0 fully saturated rings. The molecular weight excluding hydrogens is 313 g/mol. The second-order valence-corrected chi connectivity index (χ2v) is 7.28. The summed E-state index contributed by atoms with van der Waals surface area (Å²) in [6.45, 7) is 1.81. The first-order valence-corrected chi connectivity index (χ1v) is 8.30. The molecule has 3 nitrogen and oxygen atoms in total. The number of benzene rings is 2. The number of sulfonamides is 1. The fraction of sp³-hybridized carbons (Fsp3) is 0.200. The summed E-state index contributed by atoms with van der Waals surface area (Å²) in [5.74, 6) is -0.834. The van der Waals surface area contributed by atoms with Crippen LogP contribution in [0.1, 0.15) is 12.5 Å². The second-order valence-electron chi connectivity index (χ2n) is 5.06. The number of para-hydroxylation sites is 1. The first-order chi connectivity index (χ1) is 9.91. The van der Waals surface area contributed by atoms with Gasteiger partial charge in [0, 0.05) is 11.1 Å². The molecule has 1 aliphatic heterocycles. The van der Waals surface area contributed by atoms with E-state index < -0.39 is 15.8 Å². The van der Waals surface area contributed by atoms with Crippen molar-refractivity contribution < 1.29 is 12.8 Å². The molecule has 2 aromatic rings. The van der Waals surface area contributed by atoms with E-state index in [0.29, 0.717) is 12.1 Å². The molecule has 1 atom stereocenters. The molecule has 0 N–H and O–H groups in total. The van der Waals surface area contributed by atoms with Crippen LogP contribution in [0.5, 0.6) is 0 Å². The number of halogens is 2. The van der Waals surface area contributed by atoms with Crippen molar-refractivity contribution in [2.75, 3.05) is 4.31 Å². The summed E-state index contributed by atoms with van der Waals surface area (Å²) in [5.41, 5.74) is 1.56. The zero-order valence-corrected chi connectivity index (χ0v) is 12.8. The number of hydrogen-bond acceptors (Lipinski definition) is 2. The minimum Gasteiger partial charge on any atom is -0.263 e. The number of fused-ring (bicyclic) bond motifs is 1. The van der Waals surface area contributed by atoms with Crippen LogP contribution in [0.4, 0.5) is 10.1 Å². The Morgan fingerprint density at radius 2 is 1.95 bits per heavy atom. The van der Waals surface area contributed by atoms with E-state index in [1.165, 1.54) is 16.4 Å². The van der Waals surface area contributed by atoms with Gasteiger partial charge in [-0.2, -0.15) is 0 Å². The Kier molecular flexibility index (Phi) is 3.42. The van der Waals surface area contributed by atoms with Crippen molar-refractivity contribution in [1.82, 2.24) is 0 Å². The maximum Gasteiger partial charge on any atom is 0.267 e. The van der Waals surface area contributed by atoms with E-state index in [2.05, 4.69) is 0 Å². The molecule has 0 aliphatic carbocycles. The Morgan fingerprint density at radius 1 is 1.24 bits per heavy atom. The van der Waals surface area contributed by atoms with Crippen LogP contribution in [-0.2, 0) is 16.4 Å². The smallest absolute Gasteiger partial charge is 0.263 e. The lowest BCUT2D eigenvalue weighted by molar-refractivity contribution is 0.559. The Bertz CT molecular complexity index is 807. The molecule has 1 heterocycles. The third-order valence-electron chi connectivity index (χ3n) is 3.58. The highest BCUT2D eigenvalue weighted by Crippen LogP contribution is 2.37. The zero-order chi connectivity index (χ0) is 15.2. The standard InChI is InChI=1S/C15H13ClFNO2S/c1-10-8-11-4-2-3-5-14(11)18(10)21(19,20)15-7-6-12(16)9-13(15)17/h2-7,9-10H,8H2,1H3. The Morgan fingerprint density at radius 3 is 2.67 bits per heavy atom. The van der Waals surface area contributed by atoms with Crippen LogP contribution in [0, 0.1) is 5.82 Å². The molecule has 1 aliphatic rings. The molecule has 1 unspecified atom stereocenters. The van der Waals surface area contributed by atoms with Crippen molar-refractivity contribution in [2.45, 2.75) is 24.3 Å². The van der Waals surface area contributed by atoms with Gasteiger partial charge < -0.3 is 0 Å². The van der Waals surface area contributed by atoms with E-state index in [1.54, 1.807) is 12.1 Å². The topological polar surface area (TPSA) is 37.4 Å². The molecular formula is C15H13ClFNO2S. The van der Waals surface area contributed by atoms with E-state index in [-0.39, 0.29) is 16.0 Å². The zero-order valence-electron chi connectivity index (χ0n) is 11.3. The van der Waals surface area contributed by atoms with Crippen LogP contribution in [0.15, 0.2) is 47.4 Å². The normalized spacial score (nSPS) is 17.9. The van der Waals surface area contributed by atoms with Gasteiger partial charge in [0.2, 0.25) is 0 Å². The van der Waals surface area contributed by atoms with E-state index in [0.717, 1.165) is 11.6 Å². The molecule has 0 radical (unpaired) electrons. The number of rotatable bonds is 2. The van der Waals surface area contributed by atoms with Gasteiger partial charge in [-0.1, -0.05) is 29.8 Å². The third-order valence-corrected chi connectivity index (χ3v) is 5.77. The lowest BCUT2D eigenvalue weighted by Gasteiger charge is -2.24. The van der Waals surface area contributed by atoms with Gasteiger partial charge in [0.1, 0.15) is 10.7 Å². The number of nitrogens with zero attached hydrogens (tertiary/aromatic N) is 1.